The summed E-state index contributed by atoms with van der Waals surface area (Å²) >= 11 is 3.46. The maximum absolute atomic E-state index is 12.1. The Morgan fingerprint density at radius 3 is 2.53 bits per heavy atom. The van der Waals surface area contributed by atoms with Gasteiger partial charge in [-0.3, -0.25) is 4.79 Å². The Morgan fingerprint density at radius 2 is 2.00 bits per heavy atom. The molecular weight excluding hydrogens is 280 g/mol. The van der Waals surface area contributed by atoms with Gasteiger partial charge in [0, 0.05) is 4.47 Å². The van der Waals surface area contributed by atoms with Crippen molar-refractivity contribution in [3.63, 3.8) is 0 Å². The summed E-state index contributed by atoms with van der Waals surface area (Å²) in [7, 11) is 0. The number of rotatable bonds is 4. The van der Waals surface area contributed by atoms with E-state index >= 15 is 0 Å². The molecule has 4 heteroatoms. The van der Waals surface area contributed by atoms with Crippen molar-refractivity contribution in [2.75, 3.05) is 5.32 Å². The molecule has 1 aromatic rings. The van der Waals surface area contributed by atoms with Gasteiger partial charge >= 0.3 is 0 Å². The fraction of sp³-hybridized carbons (Fsp3) is 0.462. The first-order chi connectivity index (χ1) is 7.94. The van der Waals surface area contributed by atoms with E-state index in [9.17, 15) is 4.79 Å². The average molecular weight is 299 g/mol. The van der Waals surface area contributed by atoms with E-state index in [1.165, 1.54) is 0 Å². The first kappa shape index (κ1) is 14.2. The molecule has 3 N–H and O–H groups in total. The zero-order valence-electron chi connectivity index (χ0n) is 10.5. The van der Waals surface area contributed by atoms with Crippen molar-refractivity contribution in [2.24, 2.45) is 5.73 Å². The summed E-state index contributed by atoms with van der Waals surface area (Å²) in [6, 6.07) is 5.75. The summed E-state index contributed by atoms with van der Waals surface area (Å²) < 4.78 is 0.905. The molecular formula is C13H19BrN2O. The second-order valence-electron chi connectivity index (χ2n) is 4.25. The van der Waals surface area contributed by atoms with E-state index in [2.05, 4.69) is 21.2 Å². The van der Waals surface area contributed by atoms with Crippen molar-refractivity contribution in [2.45, 2.75) is 39.2 Å². The summed E-state index contributed by atoms with van der Waals surface area (Å²) in [5, 5.41) is 2.88. The molecule has 0 fully saturated rings. The van der Waals surface area contributed by atoms with Crippen molar-refractivity contribution < 1.29 is 4.79 Å². The summed E-state index contributed by atoms with van der Waals surface area (Å²) in [6.45, 7) is 5.83. The predicted octanol–water partition coefficient (Wildman–Crippen LogP) is 3.21. The van der Waals surface area contributed by atoms with E-state index < -0.39 is 5.54 Å². The van der Waals surface area contributed by atoms with Gasteiger partial charge in [0.1, 0.15) is 0 Å². The van der Waals surface area contributed by atoms with Crippen LogP contribution in [0, 0.1) is 6.92 Å². The van der Waals surface area contributed by atoms with Crippen molar-refractivity contribution in [3.8, 4) is 0 Å². The zero-order chi connectivity index (χ0) is 13.1. The normalized spacial score (nSPS) is 11.4. The second-order valence-corrected chi connectivity index (χ2v) is 5.05. The van der Waals surface area contributed by atoms with Crippen molar-refractivity contribution >= 4 is 27.5 Å². The van der Waals surface area contributed by atoms with Crippen LogP contribution in [0.2, 0.25) is 0 Å². The smallest absolute Gasteiger partial charge is 0.244 e. The Kier molecular flexibility index (Phi) is 4.71. The minimum atomic E-state index is -0.789. The molecule has 0 spiro atoms. The maximum Gasteiger partial charge on any atom is 0.244 e. The molecule has 1 amide bonds. The fourth-order valence-corrected chi connectivity index (χ4v) is 1.93. The van der Waals surface area contributed by atoms with Crippen LogP contribution >= 0.6 is 15.9 Å². The second kappa shape index (κ2) is 5.65. The van der Waals surface area contributed by atoms with Crippen LogP contribution in [0.3, 0.4) is 0 Å². The van der Waals surface area contributed by atoms with Gasteiger partial charge < -0.3 is 11.1 Å². The number of nitrogens with one attached hydrogen (secondary N) is 1. The standard InChI is InChI=1S/C13H19BrN2O/c1-4-13(15,5-2)12(17)16-10-8-6-7-9(3)11(10)14/h6-8H,4-5,15H2,1-3H3,(H,16,17). The number of hydrogen-bond acceptors (Lipinski definition) is 2. The molecule has 0 bridgehead atoms. The van der Waals surface area contributed by atoms with Gasteiger partial charge in [0.2, 0.25) is 5.91 Å². The van der Waals surface area contributed by atoms with E-state index in [-0.39, 0.29) is 5.91 Å². The molecule has 0 aliphatic rings. The minimum Gasteiger partial charge on any atom is -0.323 e. The maximum atomic E-state index is 12.1. The molecule has 0 atom stereocenters. The molecule has 1 rings (SSSR count). The number of anilines is 1. The molecule has 3 nitrogen and oxygen atoms in total. The molecule has 1 aromatic carbocycles. The van der Waals surface area contributed by atoms with E-state index in [1.807, 2.05) is 39.0 Å². The third-order valence-corrected chi connectivity index (χ3v) is 4.21. The first-order valence-corrected chi connectivity index (χ1v) is 6.59. The van der Waals surface area contributed by atoms with Crippen LogP contribution in [0.15, 0.2) is 22.7 Å². The van der Waals surface area contributed by atoms with Gasteiger partial charge in [-0.1, -0.05) is 26.0 Å². The lowest BCUT2D eigenvalue weighted by Gasteiger charge is -2.25. The minimum absolute atomic E-state index is 0.131. The van der Waals surface area contributed by atoms with Crippen molar-refractivity contribution in [1.29, 1.82) is 0 Å². The number of amides is 1. The number of carbonyl (C=O) groups excluding carboxylic acids is 1. The lowest BCUT2D eigenvalue weighted by Crippen LogP contribution is -2.50. The van der Waals surface area contributed by atoms with Gasteiger partial charge in [-0.2, -0.15) is 0 Å². The molecule has 0 saturated carbocycles. The van der Waals surface area contributed by atoms with Crippen LogP contribution in [-0.4, -0.2) is 11.4 Å². The lowest BCUT2D eigenvalue weighted by atomic mass is 9.93. The van der Waals surface area contributed by atoms with Crippen molar-refractivity contribution in [3.05, 3.63) is 28.2 Å². The summed E-state index contributed by atoms with van der Waals surface area (Å²) in [5.74, 6) is -0.131. The first-order valence-electron chi connectivity index (χ1n) is 5.80. The van der Waals surface area contributed by atoms with E-state index in [1.54, 1.807) is 0 Å². The topological polar surface area (TPSA) is 55.1 Å². The highest BCUT2D eigenvalue weighted by Crippen LogP contribution is 2.26. The van der Waals surface area contributed by atoms with Crippen molar-refractivity contribution in [1.82, 2.24) is 0 Å². The van der Waals surface area contributed by atoms with E-state index in [0.717, 1.165) is 15.7 Å². The quantitative estimate of drug-likeness (QED) is 0.897. The summed E-state index contributed by atoms with van der Waals surface area (Å²) in [6.07, 6.45) is 1.25. The molecule has 0 saturated heterocycles. The SMILES string of the molecule is CCC(N)(CC)C(=O)Nc1cccc(C)c1Br. The van der Waals surface area contributed by atoms with Crippen LogP contribution in [0.5, 0.6) is 0 Å². The van der Waals surface area contributed by atoms with Crippen LogP contribution in [0.25, 0.3) is 0 Å². The third-order valence-electron chi connectivity index (χ3n) is 3.15. The molecule has 0 aromatic heterocycles. The number of benzene rings is 1. The highest BCUT2D eigenvalue weighted by molar-refractivity contribution is 9.10. The average Bonchev–Trinajstić information content (AvgIpc) is 2.33. The molecule has 17 heavy (non-hydrogen) atoms. The summed E-state index contributed by atoms with van der Waals surface area (Å²) in [5.41, 5.74) is 7.11. The molecule has 0 radical (unpaired) electrons. The molecule has 0 aliphatic carbocycles. The highest BCUT2D eigenvalue weighted by atomic mass is 79.9. The van der Waals surface area contributed by atoms with Gasteiger partial charge in [0.05, 0.1) is 11.2 Å². The van der Waals surface area contributed by atoms with Gasteiger partial charge in [0.25, 0.3) is 0 Å². The van der Waals surface area contributed by atoms with Crippen LogP contribution in [0.1, 0.15) is 32.3 Å². The Labute approximate surface area is 111 Å². The number of carbonyl (C=O) groups is 1. The molecule has 0 unspecified atom stereocenters. The number of hydrogen-bond donors (Lipinski definition) is 2. The van der Waals surface area contributed by atoms with Gasteiger partial charge in [-0.15, -0.1) is 0 Å². The number of halogens is 1. The highest BCUT2D eigenvalue weighted by Gasteiger charge is 2.30. The third kappa shape index (κ3) is 3.07. The Morgan fingerprint density at radius 1 is 1.41 bits per heavy atom. The Balaban J connectivity index is 2.92. The zero-order valence-corrected chi connectivity index (χ0v) is 12.1. The van der Waals surface area contributed by atoms with Gasteiger partial charge in [0.15, 0.2) is 0 Å². The van der Waals surface area contributed by atoms with Gasteiger partial charge in [-0.05, 0) is 47.3 Å². The summed E-state index contributed by atoms with van der Waals surface area (Å²) in [4.78, 5) is 12.1. The number of aryl methyl sites for hydroxylation is 1. The van der Waals surface area contributed by atoms with E-state index in [4.69, 9.17) is 5.73 Å². The van der Waals surface area contributed by atoms with Crippen LogP contribution < -0.4 is 11.1 Å². The fourth-order valence-electron chi connectivity index (χ4n) is 1.56. The molecule has 0 aliphatic heterocycles. The van der Waals surface area contributed by atoms with Gasteiger partial charge in [-0.25, -0.2) is 0 Å². The Hall–Kier alpha value is -0.870. The monoisotopic (exact) mass is 298 g/mol. The largest absolute Gasteiger partial charge is 0.323 e. The Bertz CT molecular complexity index is 414. The lowest BCUT2D eigenvalue weighted by molar-refractivity contribution is -0.121. The van der Waals surface area contributed by atoms with Crippen LogP contribution in [0.4, 0.5) is 5.69 Å². The predicted molar refractivity (Wildman–Crippen MR) is 75.0 cm³/mol. The van der Waals surface area contributed by atoms with E-state index in [0.29, 0.717) is 12.8 Å². The van der Waals surface area contributed by atoms with Crippen LogP contribution in [-0.2, 0) is 4.79 Å². The molecule has 94 valence electrons. The number of nitrogens with two attached hydrogens (primary N) is 1. The molecule has 0 heterocycles.